The van der Waals surface area contributed by atoms with Crippen molar-refractivity contribution in [2.24, 2.45) is 5.73 Å². The number of nitrogens with two attached hydrogens (primary N) is 1. The molecule has 0 saturated heterocycles. The molecule has 1 amide bonds. The maximum absolute atomic E-state index is 11.2. The number of carbonyl (C=O) groups is 1. The molecule has 0 aromatic heterocycles. The van der Waals surface area contributed by atoms with Crippen LogP contribution in [-0.2, 0) is 4.43 Å². The molecule has 0 atom stereocenters. The monoisotopic (exact) mass is 479 g/mol. The number of primary amides is 1. The summed E-state index contributed by atoms with van der Waals surface area (Å²) < 4.78 is 1.20. The molecule has 2 N–H and O–H groups in total. The van der Waals surface area contributed by atoms with E-state index in [4.69, 9.17) is 5.73 Å². The van der Waals surface area contributed by atoms with E-state index in [1.165, 1.54) is 9.99 Å². The molecule has 0 unspecified atom stereocenters. The van der Waals surface area contributed by atoms with Gasteiger partial charge in [0.25, 0.3) is 0 Å². The zero-order valence-electron chi connectivity index (χ0n) is 10.6. The van der Waals surface area contributed by atoms with E-state index >= 15 is 0 Å². The number of amides is 1. The molecule has 0 saturated carbocycles. The van der Waals surface area contributed by atoms with Crippen molar-refractivity contribution in [3.8, 4) is 11.1 Å². The van der Waals surface area contributed by atoms with E-state index in [2.05, 4.69) is 47.8 Å². The van der Waals surface area contributed by atoms with Gasteiger partial charge in [-0.05, 0) is 0 Å². The van der Waals surface area contributed by atoms with Gasteiger partial charge in [0, 0.05) is 0 Å². The van der Waals surface area contributed by atoms with Gasteiger partial charge in [0.1, 0.15) is 0 Å². The van der Waals surface area contributed by atoms with Crippen LogP contribution >= 0.6 is 34.5 Å². The van der Waals surface area contributed by atoms with Crippen LogP contribution in [-0.4, -0.2) is 10.8 Å². The first-order valence-corrected chi connectivity index (χ1v) is 15.7. The minimum atomic E-state index is -0.801. The zero-order valence-corrected chi connectivity index (χ0v) is 14.9. The molecule has 100 valence electrons. The van der Waals surface area contributed by atoms with Crippen LogP contribution in [0.1, 0.15) is 15.9 Å². The molecule has 0 heterocycles. The summed E-state index contributed by atoms with van der Waals surface area (Å²) in [6.45, 7) is 0. The van der Waals surface area contributed by atoms with E-state index in [1.807, 2.05) is 18.2 Å². The molecule has 2 rings (SSSR count). The van der Waals surface area contributed by atoms with Crippen LogP contribution in [0.5, 0.6) is 0 Å². The summed E-state index contributed by atoms with van der Waals surface area (Å²) in [5.74, 6) is -0.382. The molecule has 0 bridgehead atoms. The number of carbonyl (C=O) groups excluding carboxylic acids is 1. The second-order valence-electron chi connectivity index (χ2n) is 4.29. The second kappa shape index (κ2) is 6.69. The van der Waals surface area contributed by atoms with Crippen LogP contribution in [0.2, 0.25) is 0 Å². The number of hydrogen-bond acceptors (Lipinski definition) is 1. The Morgan fingerprint density at radius 1 is 1.16 bits per heavy atom. The van der Waals surface area contributed by atoms with E-state index in [1.54, 1.807) is 6.07 Å². The zero-order chi connectivity index (χ0) is 13.8. The van der Waals surface area contributed by atoms with E-state index in [0.717, 1.165) is 11.1 Å². The maximum atomic E-state index is 11.2. The summed E-state index contributed by atoms with van der Waals surface area (Å²) in [6.07, 6.45) is 0. The number of benzene rings is 2. The molecule has 0 aliphatic rings. The van der Waals surface area contributed by atoms with E-state index < -0.39 is 15.8 Å². The average Bonchev–Trinajstić information content (AvgIpc) is 2.38. The third-order valence-electron chi connectivity index (χ3n) is 2.75. The van der Waals surface area contributed by atoms with Crippen LogP contribution in [0.4, 0.5) is 0 Å². The van der Waals surface area contributed by atoms with Crippen LogP contribution < -0.4 is 5.73 Å². The molecule has 4 heteroatoms. The van der Waals surface area contributed by atoms with Crippen molar-refractivity contribution in [2.45, 2.75) is 4.43 Å². The summed E-state index contributed by atoms with van der Waals surface area (Å²) >= 11 is 1.78. The average molecular weight is 479 g/mol. The Bertz CT molecular complexity index is 596. The predicted molar refractivity (Wildman–Crippen MR) is 98.1 cm³/mol. The molecule has 0 radical (unpaired) electrons. The van der Waals surface area contributed by atoms with Crippen molar-refractivity contribution in [1.29, 1.82) is 0 Å². The Morgan fingerprint density at radius 2 is 1.79 bits per heavy atom. The predicted octanol–water partition coefficient (Wildman–Crippen LogP) is 4.44. The van der Waals surface area contributed by atoms with Crippen LogP contribution in [0.25, 0.3) is 11.1 Å². The van der Waals surface area contributed by atoms with Gasteiger partial charge in [0.05, 0.1) is 0 Å². The molecule has 0 spiro atoms. The van der Waals surface area contributed by atoms with Crippen molar-refractivity contribution >= 4 is 40.4 Å². The Hall–Kier alpha value is -0.630. The SMILES string of the molecule is CI(I)Cc1cccc(-c2cccc(C(N)=O)c2)c1. The quantitative estimate of drug-likeness (QED) is 0.512. The Balaban J connectivity index is 2.36. The summed E-state index contributed by atoms with van der Waals surface area (Å²) in [5, 5.41) is 0. The molecular weight excluding hydrogens is 464 g/mol. The van der Waals surface area contributed by atoms with Crippen LogP contribution in [0, 0.1) is 0 Å². The van der Waals surface area contributed by atoms with Gasteiger partial charge in [-0.3, -0.25) is 0 Å². The van der Waals surface area contributed by atoms with Gasteiger partial charge in [-0.25, -0.2) is 0 Å². The number of halogens is 2. The van der Waals surface area contributed by atoms with Gasteiger partial charge in [0.2, 0.25) is 0 Å². The van der Waals surface area contributed by atoms with Gasteiger partial charge < -0.3 is 0 Å². The van der Waals surface area contributed by atoms with Crippen molar-refractivity contribution in [3.05, 3.63) is 59.7 Å². The molecule has 19 heavy (non-hydrogen) atoms. The molecule has 0 fully saturated rings. The van der Waals surface area contributed by atoms with Gasteiger partial charge in [-0.2, -0.15) is 0 Å². The topological polar surface area (TPSA) is 43.1 Å². The number of hydrogen-bond donors (Lipinski definition) is 1. The van der Waals surface area contributed by atoms with Gasteiger partial charge in [0.15, 0.2) is 0 Å². The fraction of sp³-hybridized carbons (Fsp3) is 0.133. The summed E-state index contributed by atoms with van der Waals surface area (Å²) in [7, 11) is 0. The first kappa shape index (κ1) is 14.8. The second-order valence-corrected chi connectivity index (χ2v) is 17.3. The Morgan fingerprint density at radius 3 is 2.42 bits per heavy atom. The van der Waals surface area contributed by atoms with Crippen molar-refractivity contribution in [2.75, 3.05) is 4.93 Å². The summed E-state index contributed by atoms with van der Waals surface area (Å²) in [5.41, 5.74) is 9.45. The van der Waals surface area contributed by atoms with Crippen molar-refractivity contribution in [3.63, 3.8) is 0 Å². The summed E-state index contributed by atoms with van der Waals surface area (Å²) in [6, 6.07) is 16.0. The molecule has 0 aliphatic heterocycles. The Kier molecular flexibility index (Phi) is 5.20. The Labute approximate surface area is 130 Å². The first-order chi connectivity index (χ1) is 9.06. The van der Waals surface area contributed by atoms with E-state index in [-0.39, 0.29) is 5.91 Å². The van der Waals surface area contributed by atoms with Gasteiger partial charge in [-0.1, -0.05) is 0 Å². The van der Waals surface area contributed by atoms with Crippen LogP contribution in [0.15, 0.2) is 48.5 Å². The van der Waals surface area contributed by atoms with E-state index in [0.29, 0.717) is 5.56 Å². The van der Waals surface area contributed by atoms with Crippen LogP contribution in [0.3, 0.4) is 0 Å². The number of rotatable bonds is 4. The van der Waals surface area contributed by atoms with Crippen molar-refractivity contribution < 1.29 is 4.79 Å². The molecule has 2 aromatic carbocycles. The van der Waals surface area contributed by atoms with E-state index in [9.17, 15) is 4.79 Å². The molecule has 2 nitrogen and oxygen atoms in total. The summed E-state index contributed by atoms with van der Waals surface area (Å²) in [4.78, 5) is 13.6. The fourth-order valence-corrected chi connectivity index (χ4v) is 5.82. The minimum absolute atomic E-state index is 0.382. The molecule has 0 aliphatic carbocycles. The third kappa shape index (κ3) is 4.17. The first-order valence-electron chi connectivity index (χ1n) is 5.78. The van der Waals surface area contributed by atoms with Gasteiger partial charge >= 0.3 is 131 Å². The van der Waals surface area contributed by atoms with Crippen molar-refractivity contribution in [1.82, 2.24) is 0 Å². The molecular formula is C15H15I2NO. The standard InChI is InChI=1S/C15H15I2NO/c1-17(16)10-11-4-2-5-12(8-11)13-6-3-7-14(9-13)15(18)19/h2-9H,10H2,1H3,(H2,18,19). The normalized spacial score (nSPS) is 11.2. The fourth-order valence-electron chi connectivity index (χ4n) is 1.90. The van der Waals surface area contributed by atoms with Gasteiger partial charge in [-0.15, -0.1) is 0 Å². The third-order valence-corrected chi connectivity index (χ3v) is 6.61. The number of alkyl halides is 2. The molecule has 2 aromatic rings.